The van der Waals surface area contributed by atoms with Crippen LogP contribution in [-0.2, 0) is 7.05 Å². The molecule has 0 bridgehead atoms. The van der Waals surface area contributed by atoms with E-state index < -0.39 is 0 Å². The molecule has 0 aliphatic heterocycles. The van der Waals surface area contributed by atoms with Crippen LogP contribution in [-0.4, -0.2) is 16.1 Å². The van der Waals surface area contributed by atoms with E-state index in [0.717, 1.165) is 5.69 Å². The van der Waals surface area contributed by atoms with E-state index in [1.54, 1.807) is 19.2 Å². The van der Waals surface area contributed by atoms with Gasteiger partial charge in [0, 0.05) is 12.7 Å². The van der Waals surface area contributed by atoms with Crippen LogP contribution in [0.2, 0.25) is 0 Å². The van der Waals surface area contributed by atoms with Gasteiger partial charge in [0.1, 0.15) is 0 Å². The van der Waals surface area contributed by atoms with Crippen molar-refractivity contribution in [2.75, 3.05) is 11.9 Å². The van der Waals surface area contributed by atoms with E-state index in [0.29, 0.717) is 17.4 Å². The summed E-state index contributed by atoms with van der Waals surface area (Å²) in [5.41, 5.74) is 1.46. The number of benzene rings is 1. The lowest BCUT2D eigenvalue weighted by Crippen LogP contribution is -2.17. The molecule has 0 aliphatic rings. The van der Waals surface area contributed by atoms with Gasteiger partial charge in [-0.25, -0.2) is 4.98 Å². The lowest BCUT2D eigenvalue weighted by atomic mass is 10.2. The first-order valence-electron chi connectivity index (χ1n) is 4.85. The highest BCUT2D eigenvalue weighted by atomic mass is 16.1. The van der Waals surface area contributed by atoms with Gasteiger partial charge in [-0.2, -0.15) is 0 Å². The average Bonchev–Trinajstić information content (AvgIpc) is 2.31. The van der Waals surface area contributed by atoms with Gasteiger partial charge in [-0.3, -0.25) is 4.79 Å². The highest BCUT2D eigenvalue weighted by molar-refractivity contribution is 5.81. The number of terminal acetylenes is 1. The maximum absolute atomic E-state index is 11.8. The fourth-order valence-electron chi connectivity index (χ4n) is 1.47. The van der Waals surface area contributed by atoms with Gasteiger partial charge in [-0.15, -0.1) is 6.42 Å². The summed E-state index contributed by atoms with van der Waals surface area (Å²) in [7, 11) is 1.68. The fourth-order valence-corrected chi connectivity index (χ4v) is 1.47. The molecule has 0 unspecified atom stereocenters. The van der Waals surface area contributed by atoms with E-state index in [1.807, 2.05) is 6.07 Å². The van der Waals surface area contributed by atoms with Crippen LogP contribution in [0.15, 0.2) is 29.3 Å². The predicted octanol–water partition coefficient (Wildman–Crippen LogP) is 0.979. The Kier molecular flexibility index (Phi) is 2.61. The molecule has 80 valence electrons. The number of fused-ring (bicyclic) bond motifs is 1. The summed E-state index contributed by atoms with van der Waals surface area (Å²) in [6.45, 7) is 0.437. The Balaban J connectivity index is 2.56. The average molecular weight is 213 g/mol. The van der Waals surface area contributed by atoms with Crippen molar-refractivity contribution in [1.82, 2.24) is 9.55 Å². The summed E-state index contributed by atoms with van der Waals surface area (Å²) in [5, 5.41) is 3.61. The van der Waals surface area contributed by atoms with Gasteiger partial charge < -0.3 is 9.88 Å². The molecule has 0 amide bonds. The molecule has 0 atom stereocenters. The summed E-state index contributed by atoms with van der Waals surface area (Å²) in [6.07, 6.45) is 6.67. The third-order valence-electron chi connectivity index (χ3n) is 2.31. The third-order valence-corrected chi connectivity index (χ3v) is 2.31. The maximum Gasteiger partial charge on any atom is 0.260 e. The molecule has 0 fully saturated rings. The highest BCUT2D eigenvalue weighted by Gasteiger charge is 2.02. The Hall–Kier alpha value is -2.28. The summed E-state index contributed by atoms with van der Waals surface area (Å²) >= 11 is 0. The van der Waals surface area contributed by atoms with Gasteiger partial charge in [-0.1, -0.05) is 5.92 Å². The monoisotopic (exact) mass is 213 g/mol. The number of aryl methyl sites for hydroxylation is 1. The molecule has 0 saturated carbocycles. The minimum absolute atomic E-state index is 0.0608. The second-order valence-corrected chi connectivity index (χ2v) is 3.45. The van der Waals surface area contributed by atoms with Gasteiger partial charge in [0.2, 0.25) is 0 Å². The molecular formula is C12H11N3O. The maximum atomic E-state index is 11.8. The zero-order chi connectivity index (χ0) is 11.5. The first-order valence-corrected chi connectivity index (χ1v) is 4.85. The quantitative estimate of drug-likeness (QED) is 0.756. The second-order valence-electron chi connectivity index (χ2n) is 3.45. The number of hydrogen-bond donors (Lipinski definition) is 1. The molecule has 4 nitrogen and oxygen atoms in total. The Bertz CT molecular complexity index is 622. The Labute approximate surface area is 92.9 Å². The van der Waals surface area contributed by atoms with Crippen molar-refractivity contribution in [3.05, 3.63) is 34.9 Å². The number of anilines is 1. The SMILES string of the molecule is C#CCNc1ccc2ncn(C)c(=O)c2c1. The van der Waals surface area contributed by atoms with Crippen LogP contribution in [0.5, 0.6) is 0 Å². The van der Waals surface area contributed by atoms with Crippen LogP contribution in [0.3, 0.4) is 0 Å². The summed E-state index contributed by atoms with van der Waals surface area (Å²) < 4.78 is 1.45. The summed E-state index contributed by atoms with van der Waals surface area (Å²) in [5.74, 6) is 2.48. The smallest absolute Gasteiger partial charge is 0.260 e. The first-order chi connectivity index (χ1) is 7.72. The molecule has 0 spiro atoms. The van der Waals surface area contributed by atoms with Crippen LogP contribution >= 0.6 is 0 Å². The van der Waals surface area contributed by atoms with Crippen LogP contribution < -0.4 is 10.9 Å². The van der Waals surface area contributed by atoms with E-state index in [2.05, 4.69) is 16.2 Å². The molecule has 2 rings (SSSR count). The number of rotatable bonds is 2. The number of hydrogen-bond acceptors (Lipinski definition) is 3. The summed E-state index contributed by atoms with van der Waals surface area (Å²) in [4.78, 5) is 16.0. The first kappa shape index (κ1) is 10.2. The van der Waals surface area contributed by atoms with E-state index >= 15 is 0 Å². The number of nitrogens with zero attached hydrogens (tertiary/aromatic N) is 2. The van der Waals surface area contributed by atoms with Crippen molar-refractivity contribution < 1.29 is 0 Å². The number of nitrogens with one attached hydrogen (secondary N) is 1. The minimum Gasteiger partial charge on any atom is -0.374 e. The van der Waals surface area contributed by atoms with Crippen molar-refractivity contribution in [2.24, 2.45) is 7.05 Å². The molecule has 2 aromatic rings. The van der Waals surface area contributed by atoms with Crippen LogP contribution in [0.25, 0.3) is 10.9 Å². The summed E-state index contributed by atoms with van der Waals surface area (Å²) in [6, 6.07) is 5.42. The third kappa shape index (κ3) is 1.75. The van der Waals surface area contributed by atoms with Crippen molar-refractivity contribution >= 4 is 16.6 Å². The Morgan fingerprint density at radius 1 is 1.56 bits per heavy atom. The largest absolute Gasteiger partial charge is 0.374 e. The fraction of sp³-hybridized carbons (Fsp3) is 0.167. The van der Waals surface area contributed by atoms with Gasteiger partial charge in [0.05, 0.1) is 23.8 Å². The standard InChI is InChI=1S/C12H11N3O/c1-3-6-13-9-4-5-11-10(7-9)12(16)15(2)8-14-11/h1,4-5,7-8,13H,6H2,2H3. The van der Waals surface area contributed by atoms with E-state index in [-0.39, 0.29) is 5.56 Å². The van der Waals surface area contributed by atoms with Crippen molar-refractivity contribution in [2.45, 2.75) is 0 Å². The van der Waals surface area contributed by atoms with Gasteiger partial charge in [0.15, 0.2) is 0 Å². The Morgan fingerprint density at radius 3 is 3.12 bits per heavy atom. The topological polar surface area (TPSA) is 46.9 Å². The molecule has 1 N–H and O–H groups in total. The lowest BCUT2D eigenvalue weighted by Gasteiger charge is -2.04. The molecule has 1 aromatic carbocycles. The van der Waals surface area contributed by atoms with Gasteiger partial charge >= 0.3 is 0 Å². The minimum atomic E-state index is -0.0608. The van der Waals surface area contributed by atoms with Gasteiger partial charge in [-0.05, 0) is 18.2 Å². The van der Waals surface area contributed by atoms with E-state index in [4.69, 9.17) is 6.42 Å². The highest BCUT2D eigenvalue weighted by Crippen LogP contribution is 2.13. The molecule has 0 radical (unpaired) electrons. The zero-order valence-corrected chi connectivity index (χ0v) is 8.90. The lowest BCUT2D eigenvalue weighted by molar-refractivity contribution is 0.843. The zero-order valence-electron chi connectivity index (χ0n) is 8.90. The molecular weight excluding hydrogens is 202 g/mol. The molecule has 16 heavy (non-hydrogen) atoms. The van der Waals surface area contributed by atoms with Gasteiger partial charge in [0.25, 0.3) is 5.56 Å². The molecule has 1 heterocycles. The Morgan fingerprint density at radius 2 is 2.38 bits per heavy atom. The van der Waals surface area contributed by atoms with Crippen molar-refractivity contribution in [3.8, 4) is 12.3 Å². The van der Waals surface area contributed by atoms with E-state index in [9.17, 15) is 4.79 Å². The van der Waals surface area contributed by atoms with Crippen LogP contribution in [0.1, 0.15) is 0 Å². The molecule has 0 aliphatic carbocycles. The van der Waals surface area contributed by atoms with E-state index in [1.165, 1.54) is 10.9 Å². The molecule has 4 heteroatoms. The predicted molar refractivity (Wildman–Crippen MR) is 64.3 cm³/mol. The van der Waals surface area contributed by atoms with Crippen LogP contribution in [0.4, 0.5) is 5.69 Å². The molecule has 0 saturated heterocycles. The second kappa shape index (κ2) is 4.07. The van der Waals surface area contributed by atoms with Crippen LogP contribution in [0, 0.1) is 12.3 Å². The van der Waals surface area contributed by atoms with Crippen molar-refractivity contribution in [1.29, 1.82) is 0 Å². The normalized spacial score (nSPS) is 10.0. The number of aromatic nitrogens is 2. The molecule has 1 aromatic heterocycles. The van der Waals surface area contributed by atoms with Crippen molar-refractivity contribution in [3.63, 3.8) is 0 Å².